The number of nitrogens with one attached hydrogen (secondary N) is 1. The first-order valence-corrected chi connectivity index (χ1v) is 6.49. The fourth-order valence-corrected chi connectivity index (χ4v) is 1.90. The lowest BCUT2D eigenvalue weighted by Gasteiger charge is -2.10. The van der Waals surface area contributed by atoms with Crippen molar-refractivity contribution in [2.45, 2.75) is 6.54 Å². The number of fused-ring (bicyclic) bond motifs is 1. The summed E-state index contributed by atoms with van der Waals surface area (Å²) >= 11 is 0. The van der Waals surface area contributed by atoms with Crippen molar-refractivity contribution in [2.75, 3.05) is 33.7 Å². The Morgan fingerprint density at radius 3 is 2.84 bits per heavy atom. The highest BCUT2D eigenvalue weighted by Gasteiger charge is 2.02. The summed E-state index contributed by atoms with van der Waals surface area (Å²) in [6, 6.07) is 7.54. The average molecular weight is 260 g/mol. The zero-order valence-corrected chi connectivity index (χ0v) is 11.5. The molecule has 0 bridgehead atoms. The minimum atomic E-state index is -0.0208. The Labute approximate surface area is 112 Å². The van der Waals surface area contributed by atoms with E-state index in [-0.39, 0.29) is 5.56 Å². The molecule has 0 aliphatic rings. The van der Waals surface area contributed by atoms with E-state index in [2.05, 4.69) is 15.3 Å². The topological polar surface area (TPSA) is 50.2 Å². The first kappa shape index (κ1) is 13.7. The quantitative estimate of drug-likeness (QED) is 0.771. The Morgan fingerprint density at radius 2 is 2.05 bits per heavy atom. The fraction of sp³-hybridized carbons (Fsp3) is 0.429. The summed E-state index contributed by atoms with van der Waals surface area (Å²) in [4.78, 5) is 14.3. The van der Waals surface area contributed by atoms with Gasteiger partial charge in [0, 0.05) is 25.0 Å². The predicted molar refractivity (Wildman–Crippen MR) is 77.4 cm³/mol. The van der Waals surface area contributed by atoms with Crippen LogP contribution in [-0.2, 0) is 6.54 Å². The third-order valence-electron chi connectivity index (χ3n) is 3.00. The van der Waals surface area contributed by atoms with Crippen LogP contribution in [0.4, 0.5) is 0 Å². The molecule has 0 amide bonds. The zero-order valence-electron chi connectivity index (χ0n) is 11.5. The largest absolute Gasteiger partial charge is 0.314 e. The lowest BCUT2D eigenvalue weighted by molar-refractivity contribution is 0.395. The molecule has 1 heterocycles. The monoisotopic (exact) mass is 260 g/mol. The van der Waals surface area contributed by atoms with Crippen molar-refractivity contribution in [2.24, 2.45) is 0 Å². The molecule has 1 aromatic carbocycles. The minimum Gasteiger partial charge on any atom is -0.314 e. The Bertz CT molecular complexity index is 591. The SMILES string of the molecule is CN(C)CCNCCn1ncc2ccccc2c1=O. The minimum absolute atomic E-state index is 0.0208. The first-order valence-electron chi connectivity index (χ1n) is 6.49. The number of aromatic nitrogens is 2. The molecule has 0 aliphatic heterocycles. The fourth-order valence-electron chi connectivity index (χ4n) is 1.90. The van der Waals surface area contributed by atoms with Crippen LogP contribution in [0.25, 0.3) is 10.8 Å². The van der Waals surface area contributed by atoms with Gasteiger partial charge in [0.2, 0.25) is 0 Å². The van der Waals surface area contributed by atoms with Gasteiger partial charge < -0.3 is 10.2 Å². The number of hydrogen-bond donors (Lipinski definition) is 1. The lowest BCUT2D eigenvalue weighted by Crippen LogP contribution is -2.32. The smallest absolute Gasteiger partial charge is 0.274 e. The molecular weight excluding hydrogens is 240 g/mol. The van der Waals surface area contributed by atoms with Gasteiger partial charge in [0.25, 0.3) is 5.56 Å². The van der Waals surface area contributed by atoms with Crippen LogP contribution in [-0.4, -0.2) is 48.4 Å². The highest BCUT2D eigenvalue weighted by atomic mass is 16.1. The zero-order chi connectivity index (χ0) is 13.7. The molecule has 0 unspecified atom stereocenters. The van der Waals surface area contributed by atoms with Crippen molar-refractivity contribution in [1.82, 2.24) is 20.0 Å². The molecule has 1 N–H and O–H groups in total. The van der Waals surface area contributed by atoms with Gasteiger partial charge in [0.05, 0.1) is 18.1 Å². The molecule has 19 heavy (non-hydrogen) atoms. The van der Waals surface area contributed by atoms with Crippen molar-refractivity contribution in [3.8, 4) is 0 Å². The molecule has 0 aliphatic carbocycles. The Morgan fingerprint density at radius 1 is 1.26 bits per heavy atom. The van der Waals surface area contributed by atoms with Gasteiger partial charge in [0.15, 0.2) is 0 Å². The van der Waals surface area contributed by atoms with E-state index in [9.17, 15) is 4.79 Å². The molecule has 2 rings (SSSR count). The van der Waals surface area contributed by atoms with Crippen molar-refractivity contribution >= 4 is 10.8 Å². The maximum absolute atomic E-state index is 12.2. The first-order chi connectivity index (χ1) is 9.18. The maximum Gasteiger partial charge on any atom is 0.274 e. The van der Waals surface area contributed by atoms with E-state index in [1.54, 1.807) is 6.20 Å². The molecule has 0 saturated heterocycles. The molecule has 0 radical (unpaired) electrons. The van der Waals surface area contributed by atoms with E-state index >= 15 is 0 Å². The molecule has 0 atom stereocenters. The van der Waals surface area contributed by atoms with Crippen molar-refractivity contribution < 1.29 is 0 Å². The van der Waals surface area contributed by atoms with Crippen LogP contribution in [0.1, 0.15) is 0 Å². The van der Waals surface area contributed by atoms with Crippen LogP contribution in [0.3, 0.4) is 0 Å². The van der Waals surface area contributed by atoms with Gasteiger partial charge in [-0.1, -0.05) is 18.2 Å². The van der Waals surface area contributed by atoms with E-state index < -0.39 is 0 Å². The van der Waals surface area contributed by atoms with Crippen LogP contribution >= 0.6 is 0 Å². The third-order valence-corrected chi connectivity index (χ3v) is 3.00. The molecule has 0 saturated carbocycles. The summed E-state index contributed by atoms with van der Waals surface area (Å²) in [5.74, 6) is 0. The number of nitrogens with zero attached hydrogens (tertiary/aromatic N) is 3. The Hall–Kier alpha value is -1.72. The normalized spacial score (nSPS) is 11.3. The number of rotatable bonds is 6. The molecule has 2 aromatic rings. The summed E-state index contributed by atoms with van der Waals surface area (Å²) in [5, 5.41) is 9.11. The van der Waals surface area contributed by atoms with Crippen molar-refractivity contribution in [3.05, 3.63) is 40.8 Å². The molecule has 1 aromatic heterocycles. The average Bonchev–Trinajstić information content (AvgIpc) is 2.41. The third kappa shape index (κ3) is 3.62. The van der Waals surface area contributed by atoms with Crippen molar-refractivity contribution in [1.29, 1.82) is 0 Å². The van der Waals surface area contributed by atoms with Gasteiger partial charge in [-0.05, 0) is 20.2 Å². The van der Waals surface area contributed by atoms with E-state index in [0.717, 1.165) is 30.4 Å². The second-order valence-corrected chi connectivity index (χ2v) is 4.81. The van der Waals surface area contributed by atoms with Gasteiger partial charge >= 0.3 is 0 Å². The van der Waals surface area contributed by atoms with Gasteiger partial charge in [0.1, 0.15) is 0 Å². The number of hydrogen-bond acceptors (Lipinski definition) is 4. The number of benzene rings is 1. The van der Waals surface area contributed by atoms with Gasteiger partial charge in [-0.25, -0.2) is 4.68 Å². The summed E-state index contributed by atoms with van der Waals surface area (Å²) in [5.41, 5.74) is -0.0208. The molecule has 0 fully saturated rings. The summed E-state index contributed by atoms with van der Waals surface area (Å²) in [6.07, 6.45) is 1.75. The second kappa shape index (κ2) is 6.45. The van der Waals surface area contributed by atoms with E-state index in [0.29, 0.717) is 6.54 Å². The number of likely N-dealkylation sites (N-methyl/N-ethyl adjacent to an activating group) is 1. The Kier molecular flexibility index (Phi) is 4.65. The predicted octanol–water partition coefficient (Wildman–Crippen LogP) is 0.548. The summed E-state index contributed by atoms with van der Waals surface area (Å²) < 4.78 is 1.52. The standard InChI is InChI=1S/C14H20N4O/c1-17(2)9-7-15-8-10-18-14(19)13-6-4-3-5-12(13)11-16-18/h3-6,11,15H,7-10H2,1-2H3. The highest BCUT2D eigenvalue weighted by molar-refractivity contribution is 5.80. The van der Waals surface area contributed by atoms with Gasteiger partial charge in [-0.15, -0.1) is 0 Å². The lowest BCUT2D eigenvalue weighted by atomic mass is 10.2. The van der Waals surface area contributed by atoms with Crippen LogP contribution in [0.15, 0.2) is 35.3 Å². The van der Waals surface area contributed by atoms with Crippen LogP contribution in [0, 0.1) is 0 Å². The van der Waals surface area contributed by atoms with E-state index in [4.69, 9.17) is 0 Å². The van der Waals surface area contributed by atoms with E-state index in [1.165, 1.54) is 4.68 Å². The van der Waals surface area contributed by atoms with Crippen LogP contribution in [0.2, 0.25) is 0 Å². The highest BCUT2D eigenvalue weighted by Crippen LogP contribution is 2.05. The van der Waals surface area contributed by atoms with Gasteiger partial charge in [-0.2, -0.15) is 5.10 Å². The van der Waals surface area contributed by atoms with E-state index in [1.807, 2.05) is 38.4 Å². The summed E-state index contributed by atoms with van der Waals surface area (Å²) in [6.45, 7) is 3.24. The molecule has 102 valence electrons. The van der Waals surface area contributed by atoms with Crippen molar-refractivity contribution in [3.63, 3.8) is 0 Å². The second-order valence-electron chi connectivity index (χ2n) is 4.81. The molecule has 0 spiro atoms. The molecule has 5 heteroatoms. The van der Waals surface area contributed by atoms with Gasteiger partial charge in [-0.3, -0.25) is 4.79 Å². The molecule has 5 nitrogen and oxygen atoms in total. The van der Waals surface area contributed by atoms with Crippen LogP contribution < -0.4 is 10.9 Å². The maximum atomic E-state index is 12.2. The summed E-state index contributed by atoms with van der Waals surface area (Å²) in [7, 11) is 4.08. The molecular formula is C14H20N4O. The van der Waals surface area contributed by atoms with Crippen LogP contribution in [0.5, 0.6) is 0 Å². The Balaban J connectivity index is 1.98.